The van der Waals surface area contributed by atoms with E-state index >= 15 is 0 Å². The van der Waals surface area contributed by atoms with Crippen molar-refractivity contribution in [2.45, 2.75) is 13.0 Å². The first-order valence-electron chi connectivity index (χ1n) is 2.99. The predicted octanol–water partition coefficient (Wildman–Crippen LogP) is 1.79. The Morgan fingerprint density at radius 2 is 2.30 bits per heavy atom. The molecule has 0 radical (unpaired) electrons. The summed E-state index contributed by atoms with van der Waals surface area (Å²) in [6, 6.07) is 3.41. The van der Waals surface area contributed by atoms with Gasteiger partial charge in [0.25, 0.3) is 0 Å². The van der Waals surface area contributed by atoms with E-state index in [1.807, 2.05) is 0 Å². The van der Waals surface area contributed by atoms with Crippen LogP contribution in [0.3, 0.4) is 0 Å². The Bertz CT molecular complexity index is 207. The standard InChI is InChI=1S/C7H8ClNO/c1-5(10)6-2-3-7(8)9-4-6/h2-5,10H,1H3/t5-/m0/s1. The van der Waals surface area contributed by atoms with Gasteiger partial charge in [-0.1, -0.05) is 17.7 Å². The van der Waals surface area contributed by atoms with E-state index < -0.39 is 6.10 Å². The summed E-state index contributed by atoms with van der Waals surface area (Å²) in [5.41, 5.74) is 0.782. The fourth-order valence-electron chi connectivity index (χ4n) is 0.634. The monoisotopic (exact) mass is 157 g/mol. The van der Waals surface area contributed by atoms with Crippen LogP contribution in [-0.4, -0.2) is 10.1 Å². The molecule has 0 spiro atoms. The van der Waals surface area contributed by atoms with Crippen LogP contribution >= 0.6 is 11.6 Å². The van der Waals surface area contributed by atoms with E-state index in [1.54, 1.807) is 25.3 Å². The number of aromatic nitrogens is 1. The van der Waals surface area contributed by atoms with Crippen molar-refractivity contribution in [1.29, 1.82) is 0 Å². The molecule has 0 aliphatic heterocycles. The summed E-state index contributed by atoms with van der Waals surface area (Å²) < 4.78 is 0. The van der Waals surface area contributed by atoms with Gasteiger partial charge in [-0.05, 0) is 18.6 Å². The number of nitrogens with zero attached hydrogens (tertiary/aromatic N) is 1. The first kappa shape index (κ1) is 7.51. The second-order valence-electron chi connectivity index (χ2n) is 2.09. The Morgan fingerprint density at radius 3 is 2.70 bits per heavy atom. The third-order valence-corrected chi connectivity index (χ3v) is 1.46. The zero-order valence-electron chi connectivity index (χ0n) is 5.58. The molecule has 3 heteroatoms. The minimum atomic E-state index is -0.468. The highest BCUT2D eigenvalue weighted by atomic mass is 35.5. The number of aliphatic hydroxyl groups excluding tert-OH is 1. The Morgan fingerprint density at radius 1 is 1.60 bits per heavy atom. The summed E-state index contributed by atoms with van der Waals surface area (Å²) >= 11 is 5.52. The first-order valence-corrected chi connectivity index (χ1v) is 3.37. The van der Waals surface area contributed by atoms with E-state index in [1.165, 1.54) is 0 Å². The van der Waals surface area contributed by atoms with Gasteiger partial charge in [0.05, 0.1) is 6.10 Å². The maximum atomic E-state index is 9.03. The van der Waals surface area contributed by atoms with Gasteiger partial charge in [-0.2, -0.15) is 0 Å². The van der Waals surface area contributed by atoms with Crippen molar-refractivity contribution >= 4 is 11.6 Å². The number of halogens is 1. The molecule has 0 aliphatic rings. The first-order chi connectivity index (χ1) is 4.70. The van der Waals surface area contributed by atoms with E-state index in [9.17, 15) is 0 Å². The Labute approximate surface area is 64.5 Å². The van der Waals surface area contributed by atoms with E-state index in [2.05, 4.69) is 4.98 Å². The number of pyridine rings is 1. The van der Waals surface area contributed by atoms with E-state index in [-0.39, 0.29) is 0 Å². The molecule has 0 amide bonds. The van der Waals surface area contributed by atoms with Gasteiger partial charge >= 0.3 is 0 Å². The van der Waals surface area contributed by atoms with Crippen LogP contribution < -0.4 is 0 Å². The minimum absolute atomic E-state index is 0.449. The van der Waals surface area contributed by atoms with Crippen LogP contribution in [0.1, 0.15) is 18.6 Å². The summed E-state index contributed by atoms with van der Waals surface area (Å²) in [4.78, 5) is 3.81. The lowest BCUT2D eigenvalue weighted by Gasteiger charge is -2.01. The maximum absolute atomic E-state index is 9.03. The molecule has 0 aliphatic carbocycles. The zero-order valence-corrected chi connectivity index (χ0v) is 6.34. The Balaban J connectivity index is 2.89. The van der Waals surface area contributed by atoms with Gasteiger partial charge in [0, 0.05) is 6.20 Å². The van der Waals surface area contributed by atoms with E-state index in [0.717, 1.165) is 5.56 Å². The van der Waals surface area contributed by atoms with Crippen LogP contribution in [0.4, 0.5) is 0 Å². The number of rotatable bonds is 1. The molecule has 1 aromatic heterocycles. The van der Waals surface area contributed by atoms with Crippen molar-refractivity contribution in [1.82, 2.24) is 4.98 Å². The second-order valence-corrected chi connectivity index (χ2v) is 2.48. The fourth-order valence-corrected chi connectivity index (χ4v) is 0.746. The molecule has 0 saturated carbocycles. The van der Waals surface area contributed by atoms with Crippen molar-refractivity contribution in [2.24, 2.45) is 0 Å². The molecule has 0 bridgehead atoms. The highest BCUT2D eigenvalue weighted by Crippen LogP contribution is 2.11. The summed E-state index contributed by atoms with van der Waals surface area (Å²) in [5, 5.41) is 9.48. The lowest BCUT2D eigenvalue weighted by molar-refractivity contribution is 0.199. The molecule has 1 rings (SSSR count). The van der Waals surface area contributed by atoms with Gasteiger partial charge in [0.2, 0.25) is 0 Å². The summed E-state index contributed by atoms with van der Waals surface area (Å²) in [7, 11) is 0. The molecule has 1 aromatic rings. The largest absolute Gasteiger partial charge is 0.389 e. The van der Waals surface area contributed by atoms with E-state index in [4.69, 9.17) is 16.7 Å². The smallest absolute Gasteiger partial charge is 0.129 e. The molecule has 0 fully saturated rings. The molecule has 0 saturated heterocycles. The third-order valence-electron chi connectivity index (χ3n) is 1.23. The molecule has 1 N–H and O–H groups in total. The second kappa shape index (κ2) is 2.99. The highest BCUT2D eigenvalue weighted by molar-refractivity contribution is 6.29. The number of aliphatic hydroxyl groups is 1. The minimum Gasteiger partial charge on any atom is -0.389 e. The van der Waals surface area contributed by atoms with E-state index in [0.29, 0.717) is 5.15 Å². The quantitative estimate of drug-likeness (QED) is 0.631. The molecule has 1 heterocycles. The van der Waals surface area contributed by atoms with Gasteiger partial charge in [-0.25, -0.2) is 4.98 Å². The Hall–Kier alpha value is -0.600. The lowest BCUT2D eigenvalue weighted by atomic mass is 10.2. The third kappa shape index (κ3) is 1.69. The summed E-state index contributed by atoms with van der Waals surface area (Å²) in [6.45, 7) is 1.69. The van der Waals surface area contributed by atoms with Crippen molar-refractivity contribution in [3.8, 4) is 0 Å². The summed E-state index contributed by atoms with van der Waals surface area (Å²) in [6.07, 6.45) is 1.09. The molecule has 0 unspecified atom stereocenters. The van der Waals surface area contributed by atoms with Gasteiger partial charge in [-0.3, -0.25) is 0 Å². The van der Waals surface area contributed by atoms with Crippen molar-refractivity contribution in [2.75, 3.05) is 0 Å². The van der Waals surface area contributed by atoms with Gasteiger partial charge in [0.15, 0.2) is 0 Å². The molecule has 54 valence electrons. The van der Waals surface area contributed by atoms with Crippen molar-refractivity contribution in [3.63, 3.8) is 0 Å². The van der Waals surface area contributed by atoms with Crippen LogP contribution in [0.2, 0.25) is 5.15 Å². The predicted molar refractivity (Wildman–Crippen MR) is 39.9 cm³/mol. The van der Waals surface area contributed by atoms with Gasteiger partial charge < -0.3 is 5.11 Å². The van der Waals surface area contributed by atoms with Crippen LogP contribution in [0.25, 0.3) is 0 Å². The Kier molecular flexibility index (Phi) is 2.25. The van der Waals surface area contributed by atoms with Crippen LogP contribution in [0.15, 0.2) is 18.3 Å². The molecular formula is C7H8ClNO. The van der Waals surface area contributed by atoms with Crippen LogP contribution in [0.5, 0.6) is 0 Å². The van der Waals surface area contributed by atoms with Gasteiger partial charge in [-0.15, -0.1) is 0 Å². The maximum Gasteiger partial charge on any atom is 0.129 e. The highest BCUT2D eigenvalue weighted by Gasteiger charge is 1.98. The topological polar surface area (TPSA) is 33.1 Å². The zero-order chi connectivity index (χ0) is 7.56. The average molecular weight is 158 g/mol. The van der Waals surface area contributed by atoms with Gasteiger partial charge in [0.1, 0.15) is 5.15 Å². The van der Waals surface area contributed by atoms with Crippen LogP contribution in [0, 0.1) is 0 Å². The van der Waals surface area contributed by atoms with Crippen LogP contribution in [-0.2, 0) is 0 Å². The average Bonchev–Trinajstić information content (AvgIpc) is 1.88. The van der Waals surface area contributed by atoms with Crippen molar-refractivity contribution < 1.29 is 5.11 Å². The molecule has 10 heavy (non-hydrogen) atoms. The molecule has 1 atom stereocenters. The normalized spacial score (nSPS) is 13.1. The number of hydrogen-bond acceptors (Lipinski definition) is 2. The number of hydrogen-bond donors (Lipinski definition) is 1. The lowest BCUT2D eigenvalue weighted by Crippen LogP contribution is -1.90. The SMILES string of the molecule is C[C@H](O)c1ccc(Cl)nc1. The molecule has 2 nitrogen and oxygen atoms in total. The summed E-state index contributed by atoms with van der Waals surface area (Å²) in [5.74, 6) is 0. The molecular weight excluding hydrogens is 150 g/mol. The fraction of sp³-hybridized carbons (Fsp3) is 0.286. The molecule has 0 aromatic carbocycles. The van der Waals surface area contributed by atoms with Crippen molar-refractivity contribution in [3.05, 3.63) is 29.0 Å².